The molecule has 3 N–H and O–H groups in total. The standard InChI is InChI=1S/C22H24BrN5OS/c1-15-20(23)16(2)28(27-15)14-18-8-10-19(11-9-18)21(29)25-26-22(30)24-13-12-17-6-4-3-5-7-17/h3-11H,12-14H2,1-2H3,(H,25,29)(H2,24,26,30). The third-order valence-corrected chi connectivity index (χ3v) is 6.07. The van der Waals surface area contributed by atoms with E-state index in [0.29, 0.717) is 23.8 Å². The number of carbonyl (C=O) groups excluding carboxylic acids is 1. The second kappa shape index (κ2) is 10.4. The quantitative estimate of drug-likeness (QED) is 0.367. The number of halogens is 1. The molecule has 0 unspecified atom stereocenters. The molecule has 156 valence electrons. The van der Waals surface area contributed by atoms with Crippen molar-refractivity contribution in [3.05, 3.63) is 87.1 Å². The van der Waals surface area contributed by atoms with Crippen LogP contribution in [-0.2, 0) is 13.0 Å². The number of thiocarbonyl (C=S) groups is 1. The first-order valence-corrected chi connectivity index (χ1v) is 10.8. The molecule has 0 spiro atoms. The number of hydrazine groups is 1. The van der Waals surface area contributed by atoms with Gasteiger partial charge in [-0.15, -0.1) is 0 Å². The molecule has 1 aromatic heterocycles. The van der Waals surface area contributed by atoms with Crippen LogP contribution in [0.2, 0.25) is 0 Å². The Labute approximate surface area is 190 Å². The first-order chi connectivity index (χ1) is 14.4. The van der Waals surface area contributed by atoms with Gasteiger partial charge in [-0.3, -0.25) is 20.3 Å². The van der Waals surface area contributed by atoms with Crippen molar-refractivity contribution in [1.29, 1.82) is 0 Å². The smallest absolute Gasteiger partial charge is 0.269 e. The highest BCUT2D eigenvalue weighted by Crippen LogP contribution is 2.20. The fourth-order valence-electron chi connectivity index (χ4n) is 2.96. The summed E-state index contributed by atoms with van der Waals surface area (Å²) in [6.07, 6.45) is 0.851. The maximum absolute atomic E-state index is 12.3. The fraction of sp³-hybridized carbons (Fsp3) is 0.227. The Kier molecular flexibility index (Phi) is 7.59. The molecule has 1 amide bonds. The van der Waals surface area contributed by atoms with E-state index in [9.17, 15) is 4.79 Å². The number of hydrogen-bond acceptors (Lipinski definition) is 3. The molecule has 1 heterocycles. The lowest BCUT2D eigenvalue weighted by molar-refractivity contribution is 0.0943. The van der Waals surface area contributed by atoms with Crippen LogP contribution >= 0.6 is 28.1 Å². The number of aryl methyl sites for hydroxylation is 1. The molecule has 8 heteroatoms. The summed E-state index contributed by atoms with van der Waals surface area (Å²) < 4.78 is 2.97. The van der Waals surface area contributed by atoms with Gasteiger partial charge in [-0.1, -0.05) is 42.5 Å². The lowest BCUT2D eigenvalue weighted by Crippen LogP contribution is -2.47. The van der Waals surface area contributed by atoms with Gasteiger partial charge in [0.2, 0.25) is 0 Å². The molecule has 2 aromatic carbocycles. The van der Waals surface area contributed by atoms with Gasteiger partial charge in [0.1, 0.15) is 0 Å². The van der Waals surface area contributed by atoms with Crippen molar-refractivity contribution < 1.29 is 4.79 Å². The molecule has 0 fully saturated rings. The Bertz CT molecular complexity index is 1020. The maximum Gasteiger partial charge on any atom is 0.269 e. The topological polar surface area (TPSA) is 71.0 Å². The Balaban J connectivity index is 1.45. The van der Waals surface area contributed by atoms with Gasteiger partial charge in [0.15, 0.2) is 5.11 Å². The summed E-state index contributed by atoms with van der Waals surface area (Å²) in [6, 6.07) is 17.6. The number of hydrogen-bond donors (Lipinski definition) is 3. The van der Waals surface area contributed by atoms with E-state index in [1.807, 2.05) is 48.9 Å². The van der Waals surface area contributed by atoms with Gasteiger partial charge in [-0.05, 0) is 71.7 Å². The van der Waals surface area contributed by atoms with Gasteiger partial charge < -0.3 is 5.32 Å². The zero-order valence-electron chi connectivity index (χ0n) is 16.9. The molecule has 3 aromatic rings. The summed E-state index contributed by atoms with van der Waals surface area (Å²) in [6.45, 7) is 5.32. The highest BCUT2D eigenvalue weighted by atomic mass is 79.9. The van der Waals surface area contributed by atoms with E-state index in [0.717, 1.165) is 27.8 Å². The summed E-state index contributed by atoms with van der Waals surface area (Å²) in [5.74, 6) is -0.248. The van der Waals surface area contributed by atoms with Gasteiger partial charge in [0.25, 0.3) is 5.91 Å². The number of benzene rings is 2. The number of rotatable bonds is 6. The maximum atomic E-state index is 12.3. The van der Waals surface area contributed by atoms with Crippen molar-refractivity contribution >= 4 is 39.2 Å². The third kappa shape index (κ3) is 5.90. The van der Waals surface area contributed by atoms with Crippen LogP contribution in [0.4, 0.5) is 0 Å². The van der Waals surface area contributed by atoms with Crippen LogP contribution in [-0.4, -0.2) is 27.3 Å². The van der Waals surface area contributed by atoms with E-state index < -0.39 is 0 Å². The largest absolute Gasteiger partial charge is 0.361 e. The van der Waals surface area contributed by atoms with E-state index in [1.54, 1.807) is 12.1 Å². The molecule has 0 saturated heterocycles. The van der Waals surface area contributed by atoms with Gasteiger partial charge >= 0.3 is 0 Å². The van der Waals surface area contributed by atoms with Gasteiger partial charge in [0, 0.05) is 12.1 Å². The summed E-state index contributed by atoms with van der Waals surface area (Å²) in [7, 11) is 0. The molecule has 0 bridgehead atoms. The molecular weight excluding hydrogens is 462 g/mol. The molecule has 0 radical (unpaired) electrons. The molecular formula is C22H24BrN5OS. The van der Waals surface area contributed by atoms with Crippen molar-refractivity contribution in [2.75, 3.05) is 6.54 Å². The first kappa shape index (κ1) is 22.0. The van der Waals surface area contributed by atoms with E-state index in [2.05, 4.69) is 49.3 Å². The van der Waals surface area contributed by atoms with Crippen LogP contribution in [0.3, 0.4) is 0 Å². The fourth-order valence-corrected chi connectivity index (χ4v) is 3.40. The Morgan fingerprint density at radius 2 is 1.73 bits per heavy atom. The van der Waals surface area contributed by atoms with Gasteiger partial charge in [-0.2, -0.15) is 5.10 Å². The third-order valence-electron chi connectivity index (χ3n) is 4.67. The zero-order chi connectivity index (χ0) is 21.5. The summed E-state index contributed by atoms with van der Waals surface area (Å²) >= 11 is 8.75. The highest BCUT2D eigenvalue weighted by Gasteiger charge is 2.10. The Morgan fingerprint density at radius 3 is 2.37 bits per heavy atom. The number of aromatic nitrogens is 2. The Morgan fingerprint density at radius 1 is 1.03 bits per heavy atom. The zero-order valence-corrected chi connectivity index (χ0v) is 19.3. The molecule has 3 rings (SSSR count). The predicted molar refractivity (Wildman–Crippen MR) is 126 cm³/mol. The minimum atomic E-state index is -0.248. The molecule has 6 nitrogen and oxygen atoms in total. The van der Waals surface area contributed by atoms with E-state index in [4.69, 9.17) is 12.2 Å². The average Bonchev–Trinajstić information content (AvgIpc) is 3.00. The summed E-state index contributed by atoms with van der Waals surface area (Å²) in [5, 5.41) is 7.97. The monoisotopic (exact) mass is 485 g/mol. The van der Waals surface area contributed by atoms with Crippen LogP contribution in [0.5, 0.6) is 0 Å². The van der Waals surface area contributed by atoms with Crippen molar-refractivity contribution in [1.82, 2.24) is 25.9 Å². The molecule has 0 aliphatic rings. The first-order valence-electron chi connectivity index (χ1n) is 9.60. The Hall–Kier alpha value is -2.71. The SMILES string of the molecule is Cc1nn(Cc2ccc(C(=O)NNC(=S)NCCc3ccccc3)cc2)c(C)c1Br. The summed E-state index contributed by atoms with van der Waals surface area (Å²) in [5.41, 5.74) is 10.2. The molecule has 0 saturated carbocycles. The van der Waals surface area contributed by atoms with Crippen molar-refractivity contribution in [3.8, 4) is 0 Å². The van der Waals surface area contributed by atoms with Crippen LogP contribution in [0.15, 0.2) is 59.1 Å². The minimum absolute atomic E-state index is 0.248. The van der Waals surface area contributed by atoms with Gasteiger partial charge in [0.05, 0.1) is 22.4 Å². The predicted octanol–water partition coefficient (Wildman–Crippen LogP) is 3.66. The minimum Gasteiger partial charge on any atom is -0.361 e. The summed E-state index contributed by atoms with van der Waals surface area (Å²) in [4.78, 5) is 12.3. The van der Waals surface area contributed by atoms with E-state index in [1.165, 1.54) is 5.56 Å². The van der Waals surface area contributed by atoms with Crippen molar-refractivity contribution in [3.63, 3.8) is 0 Å². The van der Waals surface area contributed by atoms with E-state index in [-0.39, 0.29) is 5.91 Å². The van der Waals surface area contributed by atoms with Gasteiger partial charge in [-0.25, -0.2) is 0 Å². The second-order valence-corrected chi connectivity index (χ2v) is 8.11. The number of nitrogens with one attached hydrogen (secondary N) is 3. The van der Waals surface area contributed by atoms with Crippen molar-refractivity contribution in [2.24, 2.45) is 0 Å². The number of carbonyl (C=O) groups is 1. The average molecular weight is 486 g/mol. The molecule has 0 atom stereocenters. The lowest BCUT2D eigenvalue weighted by Gasteiger charge is -2.12. The molecule has 0 aliphatic carbocycles. The van der Waals surface area contributed by atoms with Crippen LogP contribution in [0.25, 0.3) is 0 Å². The highest BCUT2D eigenvalue weighted by molar-refractivity contribution is 9.10. The lowest BCUT2D eigenvalue weighted by atomic mass is 10.1. The van der Waals surface area contributed by atoms with E-state index >= 15 is 0 Å². The molecule has 30 heavy (non-hydrogen) atoms. The number of amides is 1. The van der Waals surface area contributed by atoms with Crippen LogP contribution in [0.1, 0.15) is 32.9 Å². The normalized spacial score (nSPS) is 10.5. The number of nitrogens with zero attached hydrogens (tertiary/aromatic N) is 2. The second-order valence-electron chi connectivity index (χ2n) is 6.91. The van der Waals surface area contributed by atoms with Crippen LogP contribution < -0.4 is 16.2 Å². The van der Waals surface area contributed by atoms with Crippen LogP contribution in [0, 0.1) is 13.8 Å². The molecule has 0 aliphatic heterocycles. The van der Waals surface area contributed by atoms with Crippen molar-refractivity contribution in [2.45, 2.75) is 26.8 Å².